The number of carbonyl (C=O) groups is 1. The molecule has 23 heavy (non-hydrogen) atoms. The summed E-state index contributed by atoms with van der Waals surface area (Å²) >= 11 is 0. The van der Waals surface area contributed by atoms with Gasteiger partial charge in [-0.3, -0.25) is 4.79 Å². The van der Waals surface area contributed by atoms with Gasteiger partial charge in [0.05, 0.1) is 17.9 Å². The topological polar surface area (TPSA) is 70.2 Å². The monoisotopic (exact) mass is 334 g/mol. The van der Waals surface area contributed by atoms with Crippen molar-refractivity contribution in [3.8, 4) is 0 Å². The molecule has 2 aromatic rings. The molecule has 0 aliphatic carbocycles. The number of H-pyrrole nitrogens is 1. The summed E-state index contributed by atoms with van der Waals surface area (Å²) in [5.41, 5.74) is 3.14. The van der Waals surface area contributed by atoms with Crippen LogP contribution in [0.25, 0.3) is 10.9 Å². The van der Waals surface area contributed by atoms with E-state index in [0.29, 0.717) is 19.4 Å². The second-order valence-electron chi connectivity index (χ2n) is 6.22. The van der Waals surface area contributed by atoms with E-state index in [0.717, 1.165) is 22.0 Å². The van der Waals surface area contributed by atoms with Gasteiger partial charge in [0, 0.05) is 29.7 Å². The normalized spacial score (nSPS) is 20.0. The van der Waals surface area contributed by atoms with E-state index in [1.54, 1.807) is 4.90 Å². The zero-order valence-corrected chi connectivity index (χ0v) is 14.3. The molecule has 1 aromatic heterocycles. The molecule has 1 amide bonds. The van der Waals surface area contributed by atoms with Gasteiger partial charge < -0.3 is 9.88 Å². The molecule has 1 unspecified atom stereocenters. The first kappa shape index (κ1) is 16.1. The summed E-state index contributed by atoms with van der Waals surface area (Å²) in [6.07, 6.45) is 2.73. The molecule has 1 aromatic carbocycles. The second kappa shape index (κ2) is 6.00. The predicted octanol–water partition coefficient (Wildman–Crippen LogP) is 2.05. The Morgan fingerprint density at radius 2 is 2.17 bits per heavy atom. The Morgan fingerprint density at radius 1 is 1.39 bits per heavy atom. The molecule has 5 nitrogen and oxygen atoms in total. The van der Waals surface area contributed by atoms with Crippen LogP contribution in [0.4, 0.5) is 0 Å². The minimum absolute atomic E-state index is 0.00115. The number of hydrogen-bond donors (Lipinski definition) is 1. The van der Waals surface area contributed by atoms with Crippen molar-refractivity contribution in [2.75, 3.05) is 18.1 Å². The van der Waals surface area contributed by atoms with Gasteiger partial charge in [0.15, 0.2) is 9.84 Å². The van der Waals surface area contributed by atoms with Crippen molar-refractivity contribution in [2.24, 2.45) is 0 Å². The lowest BCUT2D eigenvalue weighted by atomic mass is 10.0. The number of amides is 1. The zero-order chi connectivity index (χ0) is 16.6. The Morgan fingerprint density at radius 3 is 2.83 bits per heavy atom. The number of rotatable bonds is 4. The smallest absolute Gasteiger partial charge is 0.227 e. The number of nitrogens with zero attached hydrogens (tertiary/aromatic N) is 1. The molecule has 0 radical (unpaired) electrons. The quantitative estimate of drug-likeness (QED) is 0.930. The SMILES string of the molecule is CCN(C(=O)Cc1c[nH]c2cccc(C)c12)C1CCS(=O)(=O)C1. The first-order valence-corrected chi connectivity index (χ1v) is 9.79. The third kappa shape index (κ3) is 3.13. The van der Waals surface area contributed by atoms with Crippen LogP contribution >= 0.6 is 0 Å². The standard InChI is InChI=1S/C17H22N2O3S/c1-3-19(14-7-8-23(21,22)11-14)16(20)9-13-10-18-15-6-4-5-12(2)17(13)15/h4-6,10,14,18H,3,7-9,11H2,1-2H3. The minimum Gasteiger partial charge on any atom is -0.361 e. The number of fused-ring (bicyclic) bond motifs is 1. The Labute approximate surface area is 136 Å². The van der Waals surface area contributed by atoms with E-state index in [1.807, 2.05) is 38.2 Å². The molecule has 1 fully saturated rings. The van der Waals surface area contributed by atoms with Gasteiger partial charge in [0.1, 0.15) is 0 Å². The van der Waals surface area contributed by atoms with Crippen molar-refractivity contribution in [1.82, 2.24) is 9.88 Å². The number of likely N-dealkylation sites (N-methyl/N-ethyl adjacent to an activating group) is 1. The zero-order valence-electron chi connectivity index (χ0n) is 13.5. The number of hydrogen-bond acceptors (Lipinski definition) is 3. The number of nitrogens with one attached hydrogen (secondary N) is 1. The van der Waals surface area contributed by atoms with Gasteiger partial charge in [-0.05, 0) is 37.5 Å². The maximum Gasteiger partial charge on any atom is 0.227 e. The van der Waals surface area contributed by atoms with Crippen LogP contribution < -0.4 is 0 Å². The summed E-state index contributed by atoms with van der Waals surface area (Å²) in [5.74, 6) is 0.284. The largest absolute Gasteiger partial charge is 0.361 e. The lowest BCUT2D eigenvalue weighted by Crippen LogP contribution is -2.41. The molecule has 0 saturated carbocycles. The fraction of sp³-hybridized carbons (Fsp3) is 0.471. The third-order valence-corrected chi connectivity index (χ3v) is 6.40. The number of aromatic nitrogens is 1. The van der Waals surface area contributed by atoms with Crippen LogP contribution in [0.1, 0.15) is 24.5 Å². The Hall–Kier alpha value is -1.82. The van der Waals surface area contributed by atoms with Crippen LogP contribution in [0, 0.1) is 6.92 Å². The maximum absolute atomic E-state index is 12.7. The molecule has 6 heteroatoms. The predicted molar refractivity (Wildman–Crippen MR) is 91.2 cm³/mol. The third-order valence-electron chi connectivity index (χ3n) is 4.65. The molecule has 2 heterocycles. The average molecular weight is 334 g/mol. The van der Waals surface area contributed by atoms with E-state index in [2.05, 4.69) is 4.98 Å². The molecular weight excluding hydrogens is 312 g/mol. The van der Waals surface area contributed by atoms with E-state index in [4.69, 9.17) is 0 Å². The Bertz CT molecular complexity index is 839. The summed E-state index contributed by atoms with van der Waals surface area (Å²) in [6, 6.07) is 5.84. The Kier molecular flexibility index (Phi) is 4.19. The highest BCUT2D eigenvalue weighted by Gasteiger charge is 2.33. The van der Waals surface area contributed by atoms with Crippen molar-refractivity contribution >= 4 is 26.6 Å². The molecule has 1 aliphatic heterocycles. The number of sulfone groups is 1. The fourth-order valence-electron chi connectivity index (χ4n) is 3.51. The van der Waals surface area contributed by atoms with Crippen LogP contribution in [0.2, 0.25) is 0 Å². The summed E-state index contributed by atoms with van der Waals surface area (Å²) in [6.45, 7) is 4.48. The molecular formula is C17H22N2O3S. The Balaban J connectivity index is 1.82. The van der Waals surface area contributed by atoms with Crippen molar-refractivity contribution in [3.05, 3.63) is 35.5 Å². The summed E-state index contributed by atoms with van der Waals surface area (Å²) in [5, 5.41) is 1.09. The van der Waals surface area contributed by atoms with Gasteiger partial charge in [-0.15, -0.1) is 0 Å². The molecule has 1 N–H and O–H groups in total. The van der Waals surface area contributed by atoms with Crippen LogP contribution in [0.3, 0.4) is 0 Å². The van der Waals surface area contributed by atoms with Gasteiger partial charge in [-0.25, -0.2) is 8.42 Å². The highest BCUT2D eigenvalue weighted by atomic mass is 32.2. The van der Waals surface area contributed by atoms with E-state index in [-0.39, 0.29) is 23.5 Å². The molecule has 124 valence electrons. The van der Waals surface area contributed by atoms with Gasteiger partial charge in [-0.2, -0.15) is 0 Å². The molecule has 3 rings (SSSR count). The van der Waals surface area contributed by atoms with Gasteiger partial charge in [-0.1, -0.05) is 12.1 Å². The van der Waals surface area contributed by atoms with E-state index in [9.17, 15) is 13.2 Å². The molecule has 1 saturated heterocycles. The number of aromatic amines is 1. The summed E-state index contributed by atoms with van der Waals surface area (Å²) in [7, 11) is -2.99. The molecule has 0 spiro atoms. The highest BCUT2D eigenvalue weighted by molar-refractivity contribution is 7.91. The molecule has 0 bridgehead atoms. The van der Waals surface area contributed by atoms with Gasteiger partial charge in [0.25, 0.3) is 0 Å². The average Bonchev–Trinajstić information content (AvgIpc) is 3.05. The summed E-state index contributed by atoms with van der Waals surface area (Å²) in [4.78, 5) is 17.6. The highest BCUT2D eigenvalue weighted by Crippen LogP contribution is 2.24. The lowest BCUT2D eigenvalue weighted by Gasteiger charge is -2.27. The first-order chi connectivity index (χ1) is 10.9. The maximum atomic E-state index is 12.7. The van der Waals surface area contributed by atoms with Gasteiger partial charge >= 0.3 is 0 Å². The first-order valence-electron chi connectivity index (χ1n) is 7.96. The van der Waals surface area contributed by atoms with Crippen molar-refractivity contribution in [1.29, 1.82) is 0 Å². The van der Waals surface area contributed by atoms with Crippen LogP contribution in [-0.2, 0) is 21.1 Å². The molecule has 1 atom stereocenters. The number of benzene rings is 1. The molecule has 1 aliphatic rings. The van der Waals surface area contributed by atoms with E-state index < -0.39 is 9.84 Å². The van der Waals surface area contributed by atoms with Crippen LogP contribution in [0.15, 0.2) is 24.4 Å². The number of carbonyl (C=O) groups excluding carboxylic acids is 1. The van der Waals surface area contributed by atoms with E-state index >= 15 is 0 Å². The van der Waals surface area contributed by atoms with Crippen LogP contribution in [-0.4, -0.2) is 48.3 Å². The fourth-order valence-corrected chi connectivity index (χ4v) is 5.25. The van der Waals surface area contributed by atoms with E-state index in [1.165, 1.54) is 0 Å². The van der Waals surface area contributed by atoms with Crippen molar-refractivity contribution in [2.45, 2.75) is 32.7 Å². The lowest BCUT2D eigenvalue weighted by molar-refractivity contribution is -0.132. The van der Waals surface area contributed by atoms with Crippen LogP contribution in [0.5, 0.6) is 0 Å². The second-order valence-corrected chi connectivity index (χ2v) is 8.45. The summed E-state index contributed by atoms with van der Waals surface area (Å²) < 4.78 is 23.4. The number of aryl methyl sites for hydroxylation is 1. The van der Waals surface area contributed by atoms with Gasteiger partial charge in [0.2, 0.25) is 5.91 Å². The minimum atomic E-state index is -2.99. The van der Waals surface area contributed by atoms with Crippen molar-refractivity contribution < 1.29 is 13.2 Å². The van der Waals surface area contributed by atoms with Crippen molar-refractivity contribution in [3.63, 3.8) is 0 Å².